The molecule has 1 aromatic heterocycles. The van der Waals surface area contributed by atoms with Gasteiger partial charge < -0.3 is 4.74 Å². The molecule has 0 fully saturated rings. The zero-order valence-corrected chi connectivity index (χ0v) is 15.8. The lowest BCUT2D eigenvalue weighted by Crippen LogP contribution is -2.16. The molecule has 0 amide bonds. The Balaban J connectivity index is 2.13. The number of nitrogens with zero attached hydrogens (tertiary/aromatic N) is 2. The van der Waals surface area contributed by atoms with Crippen LogP contribution in [-0.2, 0) is 5.67 Å². The van der Waals surface area contributed by atoms with Crippen LogP contribution in [0.1, 0.15) is 37.9 Å². The summed E-state index contributed by atoms with van der Waals surface area (Å²) in [7, 11) is 1.64. The van der Waals surface area contributed by atoms with Crippen LogP contribution in [0.4, 0.5) is 4.39 Å². The summed E-state index contributed by atoms with van der Waals surface area (Å²) in [6.07, 6.45) is 1.21. The smallest absolute Gasteiger partial charge is 0.151 e. The number of halogens is 1. The zero-order chi connectivity index (χ0) is 18.7. The lowest BCUT2D eigenvalue weighted by atomic mass is 9.98. The molecule has 3 aromatic rings. The molecule has 4 heteroatoms. The molecule has 26 heavy (non-hydrogen) atoms. The van der Waals surface area contributed by atoms with Crippen molar-refractivity contribution in [1.29, 1.82) is 0 Å². The molecular formula is C22H25FN2O. The molecule has 1 atom stereocenters. The second kappa shape index (κ2) is 7.32. The van der Waals surface area contributed by atoms with Crippen LogP contribution in [0.5, 0.6) is 5.75 Å². The van der Waals surface area contributed by atoms with E-state index < -0.39 is 5.67 Å². The predicted molar refractivity (Wildman–Crippen MR) is 104 cm³/mol. The highest BCUT2D eigenvalue weighted by atomic mass is 19.1. The second-order valence-corrected chi connectivity index (χ2v) is 6.84. The molecule has 0 bridgehead atoms. The van der Waals surface area contributed by atoms with Crippen molar-refractivity contribution in [3.8, 4) is 22.7 Å². The van der Waals surface area contributed by atoms with E-state index in [4.69, 9.17) is 4.74 Å². The number of rotatable bonds is 6. The number of ether oxygens (including phenoxy) is 1. The van der Waals surface area contributed by atoms with Crippen molar-refractivity contribution in [3.63, 3.8) is 0 Å². The van der Waals surface area contributed by atoms with E-state index >= 15 is 4.39 Å². The predicted octanol–water partition coefficient (Wildman–Crippen LogP) is 5.84. The molecule has 0 aliphatic heterocycles. The lowest BCUT2D eigenvalue weighted by molar-refractivity contribution is 0.168. The van der Waals surface area contributed by atoms with Crippen LogP contribution in [0.15, 0.2) is 54.6 Å². The summed E-state index contributed by atoms with van der Waals surface area (Å²) in [5.74, 6) is 0.777. The molecule has 0 radical (unpaired) electrons. The topological polar surface area (TPSA) is 27.1 Å². The standard InChI is InChI=1S/C22H25FN2O/c1-5-14-22(3,23)21-15-20(17-8-6-16(2)7-9-17)25(24-21)18-10-12-19(26-4)13-11-18/h6-13,15H,5,14H2,1-4H3. The highest BCUT2D eigenvalue weighted by Gasteiger charge is 2.29. The van der Waals surface area contributed by atoms with Gasteiger partial charge in [-0.05, 0) is 50.6 Å². The van der Waals surface area contributed by atoms with Crippen LogP contribution in [0.3, 0.4) is 0 Å². The normalized spacial score (nSPS) is 13.4. The van der Waals surface area contributed by atoms with Gasteiger partial charge in [-0.3, -0.25) is 0 Å². The van der Waals surface area contributed by atoms with Gasteiger partial charge in [0.25, 0.3) is 0 Å². The number of aromatic nitrogens is 2. The summed E-state index contributed by atoms with van der Waals surface area (Å²) in [5.41, 5.74) is 2.96. The van der Waals surface area contributed by atoms with Crippen LogP contribution in [0.2, 0.25) is 0 Å². The summed E-state index contributed by atoms with van der Waals surface area (Å²) < 4.78 is 22.2. The molecule has 1 unspecified atom stereocenters. The number of hydrogen-bond acceptors (Lipinski definition) is 2. The van der Waals surface area contributed by atoms with Crippen molar-refractivity contribution in [2.24, 2.45) is 0 Å². The lowest BCUT2D eigenvalue weighted by Gasteiger charge is -2.16. The Labute approximate surface area is 154 Å². The number of aryl methyl sites for hydroxylation is 1. The average molecular weight is 352 g/mol. The fourth-order valence-electron chi connectivity index (χ4n) is 3.08. The molecule has 136 valence electrons. The number of hydrogen-bond donors (Lipinski definition) is 0. The minimum Gasteiger partial charge on any atom is -0.497 e. The van der Waals surface area contributed by atoms with Gasteiger partial charge in [0.15, 0.2) is 5.67 Å². The van der Waals surface area contributed by atoms with Crippen molar-refractivity contribution in [2.45, 2.75) is 39.3 Å². The number of alkyl halides is 1. The number of methoxy groups -OCH3 is 1. The maximum Gasteiger partial charge on any atom is 0.151 e. The number of benzene rings is 2. The summed E-state index contributed by atoms with van der Waals surface area (Å²) in [6, 6.07) is 17.7. The first-order valence-corrected chi connectivity index (χ1v) is 8.95. The Bertz CT molecular complexity index is 864. The summed E-state index contributed by atoms with van der Waals surface area (Å²) in [6.45, 7) is 5.64. The van der Waals surface area contributed by atoms with E-state index in [2.05, 4.69) is 24.2 Å². The van der Waals surface area contributed by atoms with Gasteiger partial charge in [-0.1, -0.05) is 43.2 Å². The molecule has 3 rings (SSSR count). The molecule has 0 N–H and O–H groups in total. The van der Waals surface area contributed by atoms with Crippen LogP contribution >= 0.6 is 0 Å². The Kier molecular flexibility index (Phi) is 5.12. The molecule has 0 aliphatic rings. The first kappa shape index (κ1) is 18.2. The summed E-state index contributed by atoms with van der Waals surface area (Å²) in [4.78, 5) is 0. The zero-order valence-electron chi connectivity index (χ0n) is 15.8. The summed E-state index contributed by atoms with van der Waals surface area (Å²) in [5, 5.41) is 4.63. The van der Waals surface area contributed by atoms with Crippen molar-refractivity contribution in [1.82, 2.24) is 9.78 Å². The van der Waals surface area contributed by atoms with Crippen molar-refractivity contribution >= 4 is 0 Å². The van der Waals surface area contributed by atoms with Gasteiger partial charge in [-0.2, -0.15) is 5.10 Å². The third-order valence-corrected chi connectivity index (χ3v) is 4.63. The van der Waals surface area contributed by atoms with Gasteiger partial charge in [0, 0.05) is 5.56 Å². The van der Waals surface area contributed by atoms with Crippen LogP contribution < -0.4 is 4.74 Å². The van der Waals surface area contributed by atoms with Crippen LogP contribution in [0, 0.1) is 6.92 Å². The van der Waals surface area contributed by atoms with E-state index in [1.807, 2.05) is 54.1 Å². The summed E-state index contributed by atoms with van der Waals surface area (Å²) >= 11 is 0. The third kappa shape index (κ3) is 3.64. The molecule has 1 heterocycles. The Morgan fingerprint density at radius 2 is 1.73 bits per heavy atom. The van der Waals surface area contributed by atoms with Crippen LogP contribution in [0.25, 0.3) is 16.9 Å². The molecule has 0 spiro atoms. The maximum atomic E-state index is 15.1. The van der Waals surface area contributed by atoms with Gasteiger partial charge in [-0.15, -0.1) is 0 Å². The average Bonchev–Trinajstić information content (AvgIpc) is 3.09. The maximum absolute atomic E-state index is 15.1. The van der Waals surface area contributed by atoms with E-state index in [-0.39, 0.29) is 0 Å². The van der Waals surface area contributed by atoms with E-state index in [9.17, 15) is 0 Å². The first-order valence-electron chi connectivity index (χ1n) is 8.95. The monoisotopic (exact) mass is 352 g/mol. The van der Waals surface area contributed by atoms with E-state index in [1.165, 1.54) is 5.56 Å². The highest BCUT2D eigenvalue weighted by molar-refractivity contribution is 5.63. The molecule has 3 nitrogen and oxygen atoms in total. The Morgan fingerprint density at radius 3 is 2.31 bits per heavy atom. The largest absolute Gasteiger partial charge is 0.497 e. The minimum atomic E-state index is -1.45. The fraction of sp³-hybridized carbons (Fsp3) is 0.318. The van der Waals surface area contributed by atoms with Crippen molar-refractivity contribution < 1.29 is 9.13 Å². The van der Waals surface area contributed by atoms with Gasteiger partial charge in [0.05, 0.1) is 18.5 Å². The molecule has 0 saturated heterocycles. The van der Waals surface area contributed by atoms with Gasteiger partial charge in [0.2, 0.25) is 0 Å². The van der Waals surface area contributed by atoms with E-state index in [0.29, 0.717) is 12.1 Å². The second-order valence-electron chi connectivity index (χ2n) is 6.84. The Morgan fingerprint density at radius 1 is 1.08 bits per heavy atom. The highest BCUT2D eigenvalue weighted by Crippen LogP contribution is 2.34. The van der Waals surface area contributed by atoms with Crippen molar-refractivity contribution in [2.75, 3.05) is 7.11 Å². The molecule has 2 aromatic carbocycles. The molecule has 0 aliphatic carbocycles. The SMILES string of the molecule is CCCC(C)(F)c1cc(-c2ccc(C)cc2)n(-c2ccc(OC)cc2)n1. The quantitative estimate of drug-likeness (QED) is 0.557. The third-order valence-electron chi connectivity index (χ3n) is 4.63. The fourth-order valence-corrected chi connectivity index (χ4v) is 3.08. The Hall–Kier alpha value is -2.62. The minimum absolute atomic E-state index is 0.444. The first-order chi connectivity index (χ1) is 12.4. The van der Waals surface area contributed by atoms with Crippen molar-refractivity contribution in [3.05, 3.63) is 65.9 Å². The van der Waals surface area contributed by atoms with Crippen LogP contribution in [-0.4, -0.2) is 16.9 Å². The van der Waals surface area contributed by atoms with E-state index in [1.54, 1.807) is 14.0 Å². The van der Waals surface area contributed by atoms with Gasteiger partial charge >= 0.3 is 0 Å². The molecule has 0 saturated carbocycles. The van der Waals surface area contributed by atoms with Gasteiger partial charge in [-0.25, -0.2) is 9.07 Å². The van der Waals surface area contributed by atoms with E-state index in [0.717, 1.165) is 29.1 Å². The van der Waals surface area contributed by atoms with Gasteiger partial charge in [0.1, 0.15) is 11.4 Å². The molecular weight excluding hydrogens is 327 g/mol.